The average Bonchev–Trinajstić information content (AvgIpc) is 2.14. The molecule has 0 saturated carbocycles. The molecule has 1 aromatic rings. The third kappa shape index (κ3) is 2.70. The fourth-order valence-electron chi connectivity index (χ4n) is 1.56. The average molecular weight is 194 g/mol. The maximum Gasteiger partial charge on any atom is 0.248 e. The summed E-state index contributed by atoms with van der Waals surface area (Å²) < 4.78 is 0. The number of aromatic amines is 1. The summed E-state index contributed by atoms with van der Waals surface area (Å²) >= 11 is 0. The molecule has 14 heavy (non-hydrogen) atoms. The van der Waals surface area contributed by atoms with Crippen LogP contribution in [-0.2, 0) is 0 Å². The van der Waals surface area contributed by atoms with Crippen LogP contribution in [0.4, 0.5) is 0 Å². The van der Waals surface area contributed by atoms with Crippen molar-refractivity contribution in [3.05, 3.63) is 33.7 Å². The number of rotatable bonds is 4. The van der Waals surface area contributed by atoms with Gasteiger partial charge >= 0.3 is 0 Å². The summed E-state index contributed by atoms with van der Waals surface area (Å²) in [6, 6.07) is 1.65. The van der Waals surface area contributed by atoms with Crippen LogP contribution in [0.1, 0.15) is 43.4 Å². The zero-order valence-electron chi connectivity index (χ0n) is 8.84. The van der Waals surface area contributed by atoms with E-state index in [1.807, 2.05) is 6.92 Å². The van der Waals surface area contributed by atoms with Crippen LogP contribution in [0, 0.1) is 6.92 Å². The first-order valence-electron chi connectivity index (χ1n) is 5.10. The Morgan fingerprint density at radius 1 is 1.57 bits per heavy atom. The summed E-state index contributed by atoms with van der Waals surface area (Å²) in [5, 5.41) is 0. The number of aryl methyl sites for hydroxylation is 1. The van der Waals surface area contributed by atoms with Gasteiger partial charge in [0, 0.05) is 18.3 Å². The predicted molar refractivity (Wildman–Crippen MR) is 58.3 cm³/mol. The zero-order chi connectivity index (χ0) is 10.6. The normalized spacial score (nSPS) is 12.8. The van der Waals surface area contributed by atoms with Crippen LogP contribution in [0.15, 0.2) is 17.1 Å². The molecule has 0 aliphatic carbocycles. The molecule has 3 heteroatoms. The second-order valence-electron chi connectivity index (χ2n) is 3.68. The SMILES string of the molecule is CCCC[C@@H](N)c1c[nH]c(=O)cc1C. The molecule has 0 bridgehead atoms. The standard InChI is InChI=1S/C11H18N2O/c1-3-4-5-10(12)9-7-13-11(14)6-8(9)2/h6-7,10H,3-5,12H2,1-2H3,(H,13,14)/t10-/m1/s1. The lowest BCUT2D eigenvalue weighted by atomic mass is 10.00. The molecule has 0 aromatic carbocycles. The van der Waals surface area contributed by atoms with Crippen LogP contribution in [0.25, 0.3) is 0 Å². The monoisotopic (exact) mass is 194 g/mol. The van der Waals surface area contributed by atoms with Gasteiger partial charge in [0.1, 0.15) is 0 Å². The smallest absolute Gasteiger partial charge is 0.248 e. The zero-order valence-corrected chi connectivity index (χ0v) is 8.84. The molecule has 1 atom stereocenters. The molecule has 0 aliphatic heterocycles. The van der Waals surface area contributed by atoms with Crippen molar-refractivity contribution in [2.75, 3.05) is 0 Å². The number of hydrogen-bond acceptors (Lipinski definition) is 2. The van der Waals surface area contributed by atoms with Crippen molar-refractivity contribution in [1.82, 2.24) is 4.98 Å². The molecule has 0 amide bonds. The highest BCUT2D eigenvalue weighted by Crippen LogP contribution is 2.17. The summed E-state index contributed by atoms with van der Waals surface area (Å²) in [6.45, 7) is 4.07. The second-order valence-corrected chi connectivity index (χ2v) is 3.68. The van der Waals surface area contributed by atoms with Crippen LogP contribution in [0.3, 0.4) is 0 Å². The van der Waals surface area contributed by atoms with Crippen molar-refractivity contribution in [2.24, 2.45) is 5.73 Å². The highest BCUT2D eigenvalue weighted by Gasteiger charge is 2.08. The van der Waals surface area contributed by atoms with Crippen LogP contribution >= 0.6 is 0 Å². The minimum Gasteiger partial charge on any atom is -0.329 e. The third-order valence-corrected chi connectivity index (χ3v) is 2.44. The second kappa shape index (κ2) is 4.96. The van der Waals surface area contributed by atoms with Gasteiger partial charge in [-0.25, -0.2) is 0 Å². The summed E-state index contributed by atoms with van der Waals surface area (Å²) in [5.74, 6) is 0. The van der Waals surface area contributed by atoms with E-state index >= 15 is 0 Å². The molecule has 0 fully saturated rings. The Labute approximate surface area is 84.3 Å². The fraction of sp³-hybridized carbons (Fsp3) is 0.545. The fourth-order valence-corrected chi connectivity index (χ4v) is 1.56. The molecule has 1 aromatic heterocycles. The van der Waals surface area contributed by atoms with Crippen LogP contribution in [-0.4, -0.2) is 4.98 Å². The minimum absolute atomic E-state index is 0.0480. The van der Waals surface area contributed by atoms with Gasteiger partial charge in [-0.1, -0.05) is 19.8 Å². The Balaban J connectivity index is 2.79. The molecular weight excluding hydrogens is 176 g/mol. The van der Waals surface area contributed by atoms with Crippen molar-refractivity contribution < 1.29 is 0 Å². The van der Waals surface area contributed by atoms with E-state index in [9.17, 15) is 4.79 Å². The lowest BCUT2D eigenvalue weighted by molar-refractivity contribution is 0.599. The first-order valence-corrected chi connectivity index (χ1v) is 5.10. The molecule has 1 heterocycles. The van der Waals surface area contributed by atoms with E-state index in [1.54, 1.807) is 12.3 Å². The van der Waals surface area contributed by atoms with Crippen molar-refractivity contribution in [3.63, 3.8) is 0 Å². The summed E-state index contributed by atoms with van der Waals surface area (Å²) in [5.41, 5.74) is 7.99. The Bertz CT molecular complexity index is 343. The molecule has 1 rings (SSSR count). The van der Waals surface area contributed by atoms with Gasteiger partial charge in [-0.2, -0.15) is 0 Å². The Hall–Kier alpha value is -1.09. The third-order valence-electron chi connectivity index (χ3n) is 2.44. The number of nitrogens with one attached hydrogen (secondary N) is 1. The van der Waals surface area contributed by atoms with E-state index in [0.717, 1.165) is 30.4 Å². The predicted octanol–water partition coefficient (Wildman–Crippen LogP) is 1.87. The van der Waals surface area contributed by atoms with Gasteiger partial charge in [0.05, 0.1) is 0 Å². The Kier molecular flexibility index (Phi) is 3.89. The van der Waals surface area contributed by atoms with Crippen molar-refractivity contribution >= 4 is 0 Å². The van der Waals surface area contributed by atoms with Gasteiger partial charge < -0.3 is 10.7 Å². The Morgan fingerprint density at radius 2 is 2.29 bits per heavy atom. The molecule has 0 saturated heterocycles. The number of H-pyrrole nitrogens is 1. The van der Waals surface area contributed by atoms with E-state index in [-0.39, 0.29) is 11.6 Å². The number of unbranched alkanes of at least 4 members (excludes halogenated alkanes) is 1. The van der Waals surface area contributed by atoms with E-state index < -0.39 is 0 Å². The van der Waals surface area contributed by atoms with E-state index in [0.29, 0.717) is 0 Å². The summed E-state index contributed by atoms with van der Waals surface area (Å²) in [7, 11) is 0. The summed E-state index contributed by atoms with van der Waals surface area (Å²) in [6.07, 6.45) is 4.98. The topological polar surface area (TPSA) is 58.9 Å². The van der Waals surface area contributed by atoms with Crippen LogP contribution in [0.2, 0.25) is 0 Å². The van der Waals surface area contributed by atoms with Crippen molar-refractivity contribution in [1.29, 1.82) is 0 Å². The number of hydrogen-bond donors (Lipinski definition) is 2. The first kappa shape index (κ1) is 11.0. The molecule has 0 unspecified atom stereocenters. The number of aromatic nitrogens is 1. The van der Waals surface area contributed by atoms with Gasteiger partial charge in [0.25, 0.3) is 0 Å². The van der Waals surface area contributed by atoms with Crippen molar-refractivity contribution in [3.8, 4) is 0 Å². The highest BCUT2D eigenvalue weighted by molar-refractivity contribution is 5.24. The molecule has 0 radical (unpaired) electrons. The maximum atomic E-state index is 11.0. The lowest BCUT2D eigenvalue weighted by Gasteiger charge is -2.13. The van der Waals surface area contributed by atoms with Gasteiger partial charge in [-0.3, -0.25) is 4.79 Å². The van der Waals surface area contributed by atoms with Crippen LogP contribution < -0.4 is 11.3 Å². The molecule has 0 aliphatic rings. The number of nitrogens with two attached hydrogens (primary N) is 1. The largest absolute Gasteiger partial charge is 0.329 e. The molecular formula is C11H18N2O. The van der Waals surface area contributed by atoms with Crippen molar-refractivity contribution in [2.45, 2.75) is 39.2 Å². The number of pyridine rings is 1. The highest BCUT2D eigenvalue weighted by atomic mass is 16.1. The van der Waals surface area contributed by atoms with Gasteiger partial charge in [0.2, 0.25) is 5.56 Å². The van der Waals surface area contributed by atoms with E-state index in [4.69, 9.17) is 5.73 Å². The maximum absolute atomic E-state index is 11.0. The van der Waals surface area contributed by atoms with Gasteiger partial charge in [-0.05, 0) is 24.5 Å². The quantitative estimate of drug-likeness (QED) is 0.768. The van der Waals surface area contributed by atoms with E-state index in [2.05, 4.69) is 11.9 Å². The van der Waals surface area contributed by atoms with Gasteiger partial charge in [-0.15, -0.1) is 0 Å². The van der Waals surface area contributed by atoms with Gasteiger partial charge in [0.15, 0.2) is 0 Å². The molecule has 0 spiro atoms. The first-order chi connectivity index (χ1) is 6.65. The lowest BCUT2D eigenvalue weighted by Crippen LogP contribution is -2.15. The minimum atomic E-state index is -0.0612. The molecule has 3 N–H and O–H groups in total. The van der Waals surface area contributed by atoms with Crippen LogP contribution in [0.5, 0.6) is 0 Å². The molecule has 3 nitrogen and oxygen atoms in total. The molecule has 78 valence electrons. The van der Waals surface area contributed by atoms with E-state index in [1.165, 1.54) is 0 Å². The summed E-state index contributed by atoms with van der Waals surface area (Å²) in [4.78, 5) is 13.6. The Morgan fingerprint density at radius 3 is 2.86 bits per heavy atom.